The summed E-state index contributed by atoms with van der Waals surface area (Å²) < 4.78 is 11.1. The van der Waals surface area contributed by atoms with Crippen molar-refractivity contribution in [2.45, 2.75) is 39.2 Å². The molecule has 0 radical (unpaired) electrons. The number of ether oxygens (including phenoxy) is 1. The summed E-state index contributed by atoms with van der Waals surface area (Å²) >= 11 is 0. The molecular formula is C15H21N5O3. The van der Waals surface area contributed by atoms with E-state index in [1.807, 2.05) is 6.92 Å². The second-order valence-electron chi connectivity index (χ2n) is 5.91. The van der Waals surface area contributed by atoms with Crippen molar-refractivity contribution < 1.29 is 13.9 Å². The Bertz CT molecular complexity index is 708. The van der Waals surface area contributed by atoms with E-state index < -0.39 is 0 Å². The number of amides is 1. The number of nitrogens with one attached hydrogen (secondary N) is 1. The van der Waals surface area contributed by atoms with Crippen LogP contribution in [0.1, 0.15) is 46.1 Å². The van der Waals surface area contributed by atoms with Crippen molar-refractivity contribution in [2.24, 2.45) is 0 Å². The predicted octanol–water partition coefficient (Wildman–Crippen LogP) is 1.36. The molecule has 1 fully saturated rings. The van der Waals surface area contributed by atoms with Crippen molar-refractivity contribution in [1.82, 2.24) is 25.1 Å². The Balaban J connectivity index is 1.70. The van der Waals surface area contributed by atoms with E-state index in [9.17, 15) is 4.79 Å². The first kappa shape index (κ1) is 15.7. The second-order valence-corrected chi connectivity index (χ2v) is 5.91. The highest BCUT2D eigenvalue weighted by atomic mass is 16.5. The van der Waals surface area contributed by atoms with Crippen LogP contribution in [-0.4, -0.2) is 57.3 Å². The summed E-state index contributed by atoms with van der Waals surface area (Å²) in [6, 6.07) is 0. The van der Waals surface area contributed by atoms with Gasteiger partial charge in [-0.15, -0.1) is 0 Å². The predicted molar refractivity (Wildman–Crippen MR) is 81.2 cm³/mol. The Hall–Kier alpha value is -2.22. The molecule has 2 atom stereocenters. The first-order valence-corrected chi connectivity index (χ1v) is 7.65. The minimum Gasteiger partial charge on any atom is -0.445 e. The van der Waals surface area contributed by atoms with Gasteiger partial charge < -0.3 is 14.1 Å². The van der Waals surface area contributed by atoms with Crippen LogP contribution in [0.3, 0.4) is 0 Å². The molecule has 0 bridgehead atoms. The average molecular weight is 319 g/mol. The van der Waals surface area contributed by atoms with Gasteiger partial charge in [0, 0.05) is 27.1 Å². The highest BCUT2D eigenvalue weighted by Gasteiger charge is 2.34. The fourth-order valence-corrected chi connectivity index (χ4v) is 2.91. The Labute approximate surface area is 134 Å². The minimum absolute atomic E-state index is 0.0929. The molecule has 0 saturated carbocycles. The van der Waals surface area contributed by atoms with Crippen LogP contribution in [0.5, 0.6) is 0 Å². The summed E-state index contributed by atoms with van der Waals surface area (Å²) in [5.74, 6) is 2.48. The normalized spacial score (nSPS) is 20.9. The van der Waals surface area contributed by atoms with Crippen molar-refractivity contribution in [3.8, 4) is 0 Å². The lowest BCUT2D eigenvalue weighted by Crippen LogP contribution is -2.36. The molecule has 124 valence electrons. The minimum atomic E-state index is -0.167. The fraction of sp³-hybridized carbons (Fsp3) is 0.600. The summed E-state index contributed by atoms with van der Waals surface area (Å²) in [7, 11) is 1.74. The molecule has 23 heavy (non-hydrogen) atoms. The first-order chi connectivity index (χ1) is 11.0. The van der Waals surface area contributed by atoms with Crippen LogP contribution in [0.4, 0.5) is 0 Å². The molecule has 0 aliphatic carbocycles. The first-order valence-electron chi connectivity index (χ1n) is 7.65. The summed E-state index contributed by atoms with van der Waals surface area (Å²) in [5.41, 5.74) is 0.355. The third-order valence-electron chi connectivity index (χ3n) is 4.06. The van der Waals surface area contributed by atoms with Gasteiger partial charge in [-0.05, 0) is 20.3 Å². The van der Waals surface area contributed by atoms with Gasteiger partial charge >= 0.3 is 0 Å². The molecule has 8 nitrogen and oxygen atoms in total. The molecule has 1 aliphatic rings. The van der Waals surface area contributed by atoms with Crippen LogP contribution in [0.15, 0.2) is 4.42 Å². The number of aromatic nitrogens is 4. The van der Waals surface area contributed by atoms with Crippen LogP contribution >= 0.6 is 0 Å². The monoisotopic (exact) mass is 319 g/mol. The van der Waals surface area contributed by atoms with Crippen LogP contribution in [0.2, 0.25) is 0 Å². The van der Waals surface area contributed by atoms with Crippen molar-refractivity contribution in [3.05, 3.63) is 29.0 Å². The third kappa shape index (κ3) is 3.12. The second kappa shape index (κ2) is 6.11. The maximum absolute atomic E-state index is 12.5. The molecule has 1 amide bonds. The lowest BCUT2D eigenvalue weighted by atomic mass is 10.0. The number of aryl methyl sites for hydroxylation is 3. The number of likely N-dealkylation sites (N-methyl/N-ethyl adjacent to an activating group) is 1. The van der Waals surface area contributed by atoms with E-state index in [1.165, 1.54) is 0 Å². The molecule has 0 aromatic carbocycles. The molecular weight excluding hydrogens is 298 g/mol. The summed E-state index contributed by atoms with van der Waals surface area (Å²) in [6.45, 7) is 6.44. The molecule has 2 aromatic rings. The molecule has 1 N–H and O–H groups in total. The van der Waals surface area contributed by atoms with Crippen LogP contribution in [0, 0.1) is 20.8 Å². The zero-order valence-corrected chi connectivity index (χ0v) is 13.8. The van der Waals surface area contributed by atoms with E-state index >= 15 is 0 Å². The SMILES string of the molecule is Cc1nc([C@@H]2CCO[C@@H]2CN(C)C(=O)c2nc(C)oc2C)n[nH]1. The number of hydrogen-bond donors (Lipinski definition) is 1. The van der Waals surface area contributed by atoms with Crippen LogP contribution in [0.25, 0.3) is 0 Å². The number of hydrogen-bond acceptors (Lipinski definition) is 6. The van der Waals surface area contributed by atoms with E-state index in [2.05, 4.69) is 20.2 Å². The zero-order valence-electron chi connectivity index (χ0n) is 13.8. The van der Waals surface area contributed by atoms with Gasteiger partial charge in [0.1, 0.15) is 11.6 Å². The number of H-pyrrole nitrogens is 1. The number of aromatic amines is 1. The number of carbonyl (C=O) groups is 1. The maximum Gasteiger partial charge on any atom is 0.275 e. The van der Waals surface area contributed by atoms with Gasteiger partial charge in [0.15, 0.2) is 17.4 Å². The smallest absolute Gasteiger partial charge is 0.275 e. The average Bonchev–Trinajstić information content (AvgIpc) is 3.19. The van der Waals surface area contributed by atoms with Gasteiger partial charge in [0.2, 0.25) is 0 Å². The van der Waals surface area contributed by atoms with Gasteiger partial charge in [-0.2, -0.15) is 5.10 Å². The Morgan fingerprint density at radius 3 is 2.74 bits per heavy atom. The molecule has 0 unspecified atom stereocenters. The lowest BCUT2D eigenvalue weighted by molar-refractivity contribution is 0.0545. The van der Waals surface area contributed by atoms with Crippen molar-refractivity contribution >= 4 is 5.91 Å². The summed E-state index contributed by atoms with van der Waals surface area (Å²) in [6.07, 6.45) is 0.735. The molecule has 3 heterocycles. The van der Waals surface area contributed by atoms with Crippen LogP contribution in [-0.2, 0) is 4.74 Å². The van der Waals surface area contributed by atoms with Gasteiger partial charge in [-0.1, -0.05) is 0 Å². The van der Waals surface area contributed by atoms with E-state index in [-0.39, 0.29) is 17.9 Å². The molecule has 3 rings (SSSR count). The van der Waals surface area contributed by atoms with E-state index in [4.69, 9.17) is 9.15 Å². The topological polar surface area (TPSA) is 97.1 Å². The molecule has 1 aliphatic heterocycles. The van der Waals surface area contributed by atoms with Crippen molar-refractivity contribution in [3.63, 3.8) is 0 Å². The van der Waals surface area contributed by atoms with Crippen LogP contribution < -0.4 is 0 Å². The lowest BCUT2D eigenvalue weighted by Gasteiger charge is -2.23. The molecule has 8 heteroatoms. The number of nitrogens with zero attached hydrogens (tertiary/aromatic N) is 4. The van der Waals surface area contributed by atoms with Gasteiger partial charge in [0.25, 0.3) is 5.91 Å². The zero-order chi connectivity index (χ0) is 16.6. The Morgan fingerprint density at radius 2 is 2.13 bits per heavy atom. The quantitative estimate of drug-likeness (QED) is 0.914. The largest absolute Gasteiger partial charge is 0.445 e. The molecule has 0 spiro atoms. The number of carbonyl (C=O) groups excluding carboxylic acids is 1. The van der Waals surface area contributed by atoms with E-state index in [1.54, 1.807) is 25.8 Å². The molecule has 2 aromatic heterocycles. The summed E-state index contributed by atoms with van der Waals surface area (Å²) in [4.78, 5) is 22.7. The highest BCUT2D eigenvalue weighted by molar-refractivity contribution is 5.93. The van der Waals surface area contributed by atoms with Gasteiger partial charge in [-0.25, -0.2) is 9.97 Å². The Morgan fingerprint density at radius 1 is 1.35 bits per heavy atom. The van der Waals surface area contributed by atoms with E-state index in [0.717, 1.165) is 18.1 Å². The summed E-state index contributed by atoms with van der Waals surface area (Å²) in [5, 5.41) is 7.09. The van der Waals surface area contributed by atoms with Crippen molar-refractivity contribution in [1.29, 1.82) is 0 Å². The molecule has 1 saturated heterocycles. The number of rotatable bonds is 4. The van der Waals surface area contributed by atoms with E-state index in [0.29, 0.717) is 30.5 Å². The van der Waals surface area contributed by atoms with Gasteiger partial charge in [0.05, 0.1) is 12.0 Å². The highest BCUT2D eigenvalue weighted by Crippen LogP contribution is 2.29. The van der Waals surface area contributed by atoms with Crippen molar-refractivity contribution in [2.75, 3.05) is 20.2 Å². The Kier molecular flexibility index (Phi) is 4.16. The fourth-order valence-electron chi connectivity index (χ4n) is 2.91. The van der Waals surface area contributed by atoms with Gasteiger partial charge in [-0.3, -0.25) is 9.89 Å². The standard InChI is InChI=1S/C15H21N5O3/c1-8-13(17-10(3)23-8)15(21)20(4)7-12-11(5-6-22-12)14-16-9(2)18-19-14/h11-12H,5-7H2,1-4H3,(H,16,18,19)/t11-,12-/m1/s1. The number of oxazole rings is 1. The third-order valence-corrected chi connectivity index (χ3v) is 4.06. The maximum atomic E-state index is 12.5.